The summed E-state index contributed by atoms with van der Waals surface area (Å²) in [4.78, 5) is 13.6. The van der Waals surface area contributed by atoms with Crippen LogP contribution in [0.25, 0.3) is 11.3 Å². The number of rotatable bonds is 4. The molecule has 1 aliphatic heterocycles. The van der Waals surface area contributed by atoms with E-state index in [4.69, 9.17) is 5.73 Å². The smallest absolute Gasteiger partial charge is 0.271 e. The SMILES string of the molecule is C=CCN1CCc2cc(-c3n[nH]nc3C(N)=O)ccc21. The van der Waals surface area contributed by atoms with E-state index in [9.17, 15) is 4.79 Å². The Morgan fingerprint density at radius 1 is 1.50 bits per heavy atom. The monoisotopic (exact) mass is 269 g/mol. The first-order chi connectivity index (χ1) is 9.70. The number of nitrogens with two attached hydrogens (primary N) is 1. The van der Waals surface area contributed by atoms with Gasteiger partial charge >= 0.3 is 0 Å². The van der Waals surface area contributed by atoms with Crippen molar-refractivity contribution in [3.05, 3.63) is 42.1 Å². The first-order valence-electron chi connectivity index (χ1n) is 6.40. The first-order valence-corrected chi connectivity index (χ1v) is 6.40. The number of primary amides is 1. The number of carbonyl (C=O) groups excluding carboxylic acids is 1. The highest BCUT2D eigenvalue weighted by atomic mass is 16.1. The number of hydrogen-bond donors (Lipinski definition) is 2. The first kappa shape index (κ1) is 12.4. The molecular weight excluding hydrogens is 254 g/mol. The van der Waals surface area contributed by atoms with Gasteiger partial charge in [-0.3, -0.25) is 4.79 Å². The average Bonchev–Trinajstić information content (AvgIpc) is 3.05. The van der Waals surface area contributed by atoms with Gasteiger partial charge in [-0.25, -0.2) is 0 Å². The summed E-state index contributed by atoms with van der Waals surface area (Å²) in [5, 5.41) is 10.3. The summed E-state index contributed by atoms with van der Waals surface area (Å²) >= 11 is 0. The van der Waals surface area contributed by atoms with E-state index in [0.717, 1.165) is 25.1 Å². The van der Waals surface area contributed by atoms with Gasteiger partial charge in [0.25, 0.3) is 5.91 Å². The third kappa shape index (κ3) is 1.95. The van der Waals surface area contributed by atoms with Gasteiger partial charge in [0.05, 0.1) is 0 Å². The number of amides is 1. The molecule has 1 aliphatic rings. The molecule has 0 unspecified atom stereocenters. The van der Waals surface area contributed by atoms with Crippen LogP contribution in [-0.4, -0.2) is 34.4 Å². The highest BCUT2D eigenvalue weighted by molar-refractivity contribution is 5.96. The summed E-state index contributed by atoms with van der Waals surface area (Å²) in [5.74, 6) is -0.581. The zero-order valence-corrected chi connectivity index (χ0v) is 11.0. The second kappa shape index (κ2) is 4.80. The third-order valence-electron chi connectivity index (χ3n) is 3.48. The quantitative estimate of drug-likeness (QED) is 0.814. The minimum atomic E-state index is -0.581. The largest absolute Gasteiger partial charge is 0.367 e. The molecule has 0 atom stereocenters. The van der Waals surface area contributed by atoms with Crippen LogP contribution in [0.15, 0.2) is 30.9 Å². The van der Waals surface area contributed by atoms with Crippen LogP contribution in [0.1, 0.15) is 16.1 Å². The Kier molecular flexibility index (Phi) is 2.98. The summed E-state index contributed by atoms with van der Waals surface area (Å²) in [5.41, 5.74) is 9.26. The van der Waals surface area contributed by atoms with E-state index >= 15 is 0 Å². The van der Waals surface area contributed by atoms with Gasteiger partial charge in [-0.2, -0.15) is 15.4 Å². The van der Waals surface area contributed by atoms with Crippen molar-refractivity contribution in [1.29, 1.82) is 0 Å². The number of H-pyrrole nitrogens is 1. The lowest BCUT2D eigenvalue weighted by Gasteiger charge is -2.16. The zero-order valence-electron chi connectivity index (χ0n) is 11.0. The van der Waals surface area contributed by atoms with Crippen molar-refractivity contribution in [3.63, 3.8) is 0 Å². The predicted octanol–water partition coefficient (Wildman–Crippen LogP) is 1.12. The second-order valence-electron chi connectivity index (χ2n) is 4.71. The molecule has 20 heavy (non-hydrogen) atoms. The molecule has 0 bridgehead atoms. The Hall–Kier alpha value is -2.63. The van der Waals surface area contributed by atoms with E-state index in [2.05, 4.69) is 26.9 Å². The zero-order chi connectivity index (χ0) is 14.1. The van der Waals surface area contributed by atoms with Crippen molar-refractivity contribution in [2.45, 2.75) is 6.42 Å². The molecule has 2 aromatic rings. The molecule has 0 radical (unpaired) electrons. The molecule has 0 saturated heterocycles. The number of aromatic nitrogens is 3. The van der Waals surface area contributed by atoms with Crippen LogP contribution >= 0.6 is 0 Å². The second-order valence-corrected chi connectivity index (χ2v) is 4.71. The average molecular weight is 269 g/mol. The van der Waals surface area contributed by atoms with Crippen molar-refractivity contribution in [2.24, 2.45) is 5.73 Å². The van der Waals surface area contributed by atoms with Crippen LogP contribution in [0.5, 0.6) is 0 Å². The van der Waals surface area contributed by atoms with Crippen LogP contribution < -0.4 is 10.6 Å². The van der Waals surface area contributed by atoms with Gasteiger partial charge < -0.3 is 10.6 Å². The fraction of sp³-hybridized carbons (Fsp3) is 0.214. The van der Waals surface area contributed by atoms with E-state index in [1.807, 2.05) is 24.3 Å². The highest BCUT2D eigenvalue weighted by Crippen LogP contribution is 2.32. The van der Waals surface area contributed by atoms with Crippen LogP contribution in [0.2, 0.25) is 0 Å². The lowest BCUT2D eigenvalue weighted by atomic mass is 10.0. The van der Waals surface area contributed by atoms with Gasteiger partial charge in [-0.1, -0.05) is 12.1 Å². The van der Waals surface area contributed by atoms with Gasteiger partial charge in [0.1, 0.15) is 5.69 Å². The lowest BCUT2D eigenvalue weighted by molar-refractivity contribution is 0.0996. The normalized spacial score (nSPS) is 13.3. The molecule has 0 saturated carbocycles. The number of nitrogens with one attached hydrogen (secondary N) is 1. The van der Waals surface area contributed by atoms with E-state index in [0.29, 0.717) is 5.69 Å². The number of aromatic amines is 1. The Bertz CT molecular complexity index is 676. The maximum absolute atomic E-state index is 11.3. The summed E-state index contributed by atoms with van der Waals surface area (Å²) < 4.78 is 0. The van der Waals surface area contributed by atoms with E-state index < -0.39 is 5.91 Å². The highest BCUT2D eigenvalue weighted by Gasteiger charge is 2.21. The van der Waals surface area contributed by atoms with Crippen molar-refractivity contribution in [2.75, 3.05) is 18.0 Å². The molecular formula is C14H15N5O. The number of nitrogens with zero attached hydrogens (tertiary/aromatic N) is 3. The maximum Gasteiger partial charge on any atom is 0.271 e. The molecule has 1 amide bonds. The van der Waals surface area contributed by atoms with E-state index in [1.54, 1.807) is 0 Å². The van der Waals surface area contributed by atoms with E-state index in [1.165, 1.54) is 11.3 Å². The minimum Gasteiger partial charge on any atom is -0.367 e. The Labute approximate surface area is 116 Å². The fourth-order valence-corrected chi connectivity index (χ4v) is 2.57. The molecule has 3 N–H and O–H groups in total. The fourth-order valence-electron chi connectivity index (χ4n) is 2.57. The summed E-state index contributed by atoms with van der Waals surface area (Å²) in [6.07, 6.45) is 2.87. The number of carbonyl (C=O) groups is 1. The van der Waals surface area contributed by atoms with Crippen molar-refractivity contribution >= 4 is 11.6 Å². The Morgan fingerprint density at radius 2 is 2.35 bits per heavy atom. The topological polar surface area (TPSA) is 87.9 Å². The van der Waals surface area contributed by atoms with Gasteiger partial charge in [-0.05, 0) is 24.1 Å². The molecule has 0 aliphatic carbocycles. The summed E-state index contributed by atoms with van der Waals surface area (Å²) in [6, 6.07) is 6.02. The Morgan fingerprint density at radius 3 is 3.10 bits per heavy atom. The molecule has 3 rings (SSSR count). The predicted molar refractivity (Wildman–Crippen MR) is 76.5 cm³/mol. The third-order valence-corrected chi connectivity index (χ3v) is 3.48. The molecule has 2 heterocycles. The molecule has 6 heteroatoms. The summed E-state index contributed by atoms with van der Waals surface area (Å²) in [6.45, 7) is 5.59. The van der Waals surface area contributed by atoms with Crippen LogP contribution in [0, 0.1) is 0 Å². The molecule has 6 nitrogen and oxygen atoms in total. The van der Waals surface area contributed by atoms with Crippen molar-refractivity contribution in [3.8, 4) is 11.3 Å². The maximum atomic E-state index is 11.3. The van der Waals surface area contributed by atoms with Crippen LogP contribution in [0.3, 0.4) is 0 Å². The molecule has 0 spiro atoms. The van der Waals surface area contributed by atoms with Crippen molar-refractivity contribution < 1.29 is 4.79 Å². The number of anilines is 1. The number of hydrogen-bond acceptors (Lipinski definition) is 4. The number of fused-ring (bicyclic) bond motifs is 1. The van der Waals surface area contributed by atoms with Crippen LogP contribution in [0.4, 0.5) is 5.69 Å². The molecule has 1 aromatic carbocycles. The van der Waals surface area contributed by atoms with Crippen molar-refractivity contribution in [1.82, 2.24) is 15.4 Å². The Balaban J connectivity index is 2.00. The molecule has 102 valence electrons. The van der Waals surface area contributed by atoms with Crippen LogP contribution in [-0.2, 0) is 6.42 Å². The summed E-state index contributed by atoms with van der Waals surface area (Å²) in [7, 11) is 0. The minimum absolute atomic E-state index is 0.172. The van der Waals surface area contributed by atoms with Gasteiger partial charge in [0, 0.05) is 24.3 Å². The van der Waals surface area contributed by atoms with Gasteiger partial charge in [-0.15, -0.1) is 6.58 Å². The lowest BCUT2D eigenvalue weighted by Crippen LogP contribution is -2.19. The number of benzene rings is 1. The van der Waals surface area contributed by atoms with Gasteiger partial charge in [0.2, 0.25) is 0 Å². The standard InChI is InChI=1S/C14H15N5O/c1-2-6-19-7-5-9-8-10(3-4-11(9)19)12-13(14(15)20)17-18-16-12/h2-4,8H,1,5-7H2,(H2,15,20)(H,16,17,18). The molecule has 0 fully saturated rings. The molecule has 1 aromatic heterocycles. The van der Waals surface area contributed by atoms with E-state index in [-0.39, 0.29) is 5.69 Å². The van der Waals surface area contributed by atoms with Gasteiger partial charge in [0.15, 0.2) is 5.69 Å².